The van der Waals surface area contributed by atoms with Crippen LogP contribution in [0.2, 0.25) is 0 Å². The Labute approximate surface area is 112 Å². The van der Waals surface area contributed by atoms with Gasteiger partial charge in [0, 0.05) is 6.04 Å². The predicted molar refractivity (Wildman–Crippen MR) is 79.0 cm³/mol. The molecule has 0 amide bonds. The van der Waals surface area contributed by atoms with Gasteiger partial charge >= 0.3 is 0 Å². The molecule has 0 atom stereocenters. The molecule has 2 rings (SSSR count). The summed E-state index contributed by atoms with van der Waals surface area (Å²) in [5, 5.41) is 3.75. The van der Waals surface area contributed by atoms with Crippen molar-refractivity contribution >= 4 is 0 Å². The fourth-order valence-electron chi connectivity index (χ4n) is 2.93. The Bertz CT molecular complexity index is 336. The lowest BCUT2D eigenvalue weighted by Crippen LogP contribution is -2.34. The second kappa shape index (κ2) is 6.38. The van der Waals surface area contributed by atoms with E-state index in [0.29, 0.717) is 0 Å². The molecule has 1 nitrogen and oxygen atoms in total. The Morgan fingerprint density at radius 3 is 2.39 bits per heavy atom. The molecule has 0 saturated heterocycles. The fraction of sp³-hybridized carbons (Fsp3) is 0.647. The van der Waals surface area contributed by atoms with Gasteiger partial charge in [-0.2, -0.15) is 0 Å². The minimum absolute atomic E-state index is 0.281. The van der Waals surface area contributed by atoms with E-state index in [2.05, 4.69) is 49.5 Å². The van der Waals surface area contributed by atoms with Gasteiger partial charge in [0.15, 0.2) is 0 Å². The summed E-state index contributed by atoms with van der Waals surface area (Å²) in [7, 11) is 0. The van der Waals surface area contributed by atoms with Gasteiger partial charge in [0.25, 0.3) is 0 Å². The molecule has 100 valence electrons. The van der Waals surface area contributed by atoms with Gasteiger partial charge in [-0.15, -0.1) is 0 Å². The van der Waals surface area contributed by atoms with E-state index < -0.39 is 0 Å². The summed E-state index contributed by atoms with van der Waals surface area (Å²) in [5.74, 6) is 0. The van der Waals surface area contributed by atoms with Crippen molar-refractivity contribution in [2.75, 3.05) is 6.54 Å². The van der Waals surface area contributed by atoms with E-state index >= 15 is 0 Å². The monoisotopic (exact) mass is 245 g/mol. The highest BCUT2D eigenvalue weighted by Crippen LogP contribution is 2.26. The van der Waals surface area contributed by atoms with Gasteiger partial charge < -0.3 is 5.32 Å². The van der Waals surface area contributed by atoms with Crippen LogP contribution in [0.15, 0.2) is 30.3 Å². The normalized spacial score (nSPS) is 17.9. The molecule has 0 spiro atoms. The topological polar surface area (TPSA) is 12.0 Å². The maximum Gasteiger partial charge on any atom is 0.00670 e. The molecule has 18 heavy (non-hydrogen) atoms. The Kier molecular flexibility index (Phi) is 4.82. The second-order valence-electron chi connectivity index (χ2n) is 6.29. The third-order valence-corrected chi connectivity index (χ3v) is 4.34. The Hall–Kier alpha value is -0.820. The Balaban J connectivity index is 1.78. The maximum absolute atomic E-state index is 3.75. The van der Waals surface area contributed by atoms with E-state index in [1.54, 1.807) is 0 Å². The molecule has 1 aromatic carbocycles. The fourth-order valence-corrected chi connectivity index (χ4v) is 2.93. The molecular formula is C17H27N. The second-order valence-corrected chi connectivity index (χ2v) is 6.29. The summed E-state index contributed by atoms with van der Waals surface area (Å²) >= 11 is 0. The van der Waals surface area contributed by atoms with E-state index in [1.807, 2.05) is 0 Å². The molecule has 1 aromatic rings. The van der Waals surface area contributed by atoms with Gasteiger partial charge in [-0.1, -0.05) is 63.4 Å². The van der Waals surface area contributed by atoms with Crippen LogP contribution in [0.25, 0.3) is 0 Å². The number of rotatable bonds is 5. The predicted octanol–water partition coefficient (Wildman–Crippen LogP) is 4.28. The smallest absolute Gasteiger partial charge is 0.00670 e. The quantitative estimate of drug-likeness (QED) is 0.816. The third-order valence-electron chi connectivity index (χ3n) is 4.34. The molecule has 0 heterocycles. The third kappa shape index (κ3) is 3.84. The molecule has 0 bridgehead atoms. The summed E-state index contributed by atoms with van der Waals surface area (Å²) in [6, 6.07) is 11.7. The van der Waals surface area contributed by atoms with Crippen molar-refractivity contribution in [1.29, 1.82) is 0 Å². The average molecular weight is 245 g/mol. The minimum Gasteiger partial charge on any atom is -0.314 e. The maximum atomic E-state index is 3.75. The van der Waals surface area contributed by atoms with Crippen LogP contribution in [0.3, 0.4) is 0 Å². The summed E-state index contributed by atoms with van der Waals surface area (Å²) in [5.41, 5.74) is 1.73. The van der Waals surface area contributed by atoms with Crippen LogP contribution in [0.5, 0.6) is 0 Å². The average Bonchev–Trinajstić information content (AvgIpc) is 2.41. The first-order chi connectivity index (χ1) is 8.68. The number of nitrogens with one attached hydrogen (secondary N) is 1. The van der Waals surface area contributed by atoms with E-state index in [1.165, 1.54) is 44.1 Å². The number of hydrogen-bond donors (Lipinski definition) is 1. The van der Waals surface area contributed by atoms with Crippen LogP contribution in [0.1, 0.15) is 57.9 Å². The van der Waals surface area contributed by atoms with Crippen molar-refractivity contribution in [1.82, 2.24) is 5.32 Å². The Morgan fingerprint density at radius 2 is 1.72 bits per heavy atom. The van der Waals surface area contributed by atoms with Crippen LogP contribution in [-0.2, 0) is 5.41 Å². The Morgan fingerprint density at radius 1 is 1.06 bits per heavy atom. The molecule has 1 fully saturated rings. The molecule has 1 aliphatic rings. The van der Waals surface area contributed by atoms with Gasteiger partial charge in [-0.25, -0.2) is 0 Å². The lowest BCUT2D eigenvalue weighted by Gasteiger charge is -2.28. The highest BCUT2D eigenvalue weighted by Gasteiger charge is 2.20. The van der Waals surface area contributed by atoms with Gasteiger partial charge in [-0.3, -0.25) is 0 Å². The van der Waals surface area contributed by atoms with Crippen molar-refractivity contribution in [3.63, 3.8) is 0 Å². The first kappa shape index (κ1) is 13.6. The first-order valence-electron chi connectivity index (χ1n) is 7.47. The molecule has 0 radical (unpaired) electrons. The van der Waals surface area contributed by atoms with Crippen molar-refractivity contribution in [3.05, 3.63) is 35.9 Å². The summed E-state index contributed by atoms with van der Waals surface area (Å²) in [4.78, 5) is 0. The molecule has 0 aromatic heterocycles. The van der Waals surface area contributed by atoms with Crippen LogP contribution < -0.4 is 5.32 Å². The molecular weight excluding hydrogens is 218 g/mol. The molecule has 1 heteroatoms. The summed E-state index contributed by atoms with van der Waals surface area (Å²) < 4.78 is 0. The van der Waals surface area contributed by atoms with Crippen molar-refractivity contribution in [2.45, 2.75) is 63.8 Å². The molecule has 1 aliphatic carbocycles. The zero-order chi connectivity index (χ0) is 12.8. The van der Waals surface area contributed by atoms with E-state index in [-0.39, 0.29) is 5.41 Å². The van der Waals surface area contributed by atoms with Gasteiger partial charge in [0.05, 0.1) is 0 Å². The van der Waals surface area contributed by atoms with Crippen LogP contribution in [-0.4, -0.2) is 12.6 Å². The number of hydrogen-bond acceptors (Lipinski definition) is 1. The summed E-state index contributed by atoms with van der Waals surface area (Å²) in [6.07, 6.45) is 8.25. The SMILES string of the molecule is CC(C)(CCNC1CCCCC1)c1ccccc1. The lowest BCUT2D eigenvalue weighted by molar-refractivity contribution is 0.353. The molecule has 0 aliphatic heterocycles. The minimum atomic E-state index is 0.281. The van der Waals surface area contributed by atoms with Crippen LogP contribution >= 0.6 is 0 Å². The standard InChI is InChI=1S/C17H27N/c1-17(2,15-9-5-3-6-10-15)13-14-18-16-11-7-4-8-12-16/h3,5-6,9-10,16,18H,4,7-8,11-14H2,1-2H3. The summed E-state index contributed by atoms with van der Waals surface area (Å²) in [6.45, 7) is 5.85. The van der Waals surface area contributed by atoms with Crippen molar-refractivity contribution < 1.29 is 0 Å². The lowest BCUT2D eigenvalue weighted by atomic mass is 9.81. The first-order valence-corrected chi connectivity index (χ1v) is 7.47. The van der Waals surface area contributed by atoms with E-state index in [4.69, 9.17) is 0 Å². The van der Waals surface area contributed by atoms with Crippen LogP contribution in [0, 0.1) is 0 Å². The van der Waals surface area contributed by atoms with E-state index in [9.17, 15) is 0 Å². The largest absolute Gasteiger partial charge is 0.314 e. The highest BCUT2D eigenvalue weighted by molar-refractivity contribution is 5.23. The van der Waals surface area contributed by atoms with E-state index in [0.717, 1.165) is 12.6 Å². The number of benzene rings is 1. The zero-order valence-electron chi connectivity index (χ0n) is 11.9. The van der Waals surface area contributed by atoms with Gasteiger partial charge in [-0.05, 0) is 36.8 Å². The van der Waals surface area contributed by atoms with Crippen molar-refractivity contribution in [3.8, 4) is 0 Å². The van der Waals surface area contributed by atoms with Gasteiger partial charge in [0.2, 0.25) is 0 Å². The van der Waals surface area contributed by atoms with Crippen molar-refractivity contribution in [2.24, 2.45) is 0 Å². The molecule has 1 N–H and O–H groups in total. The van der Waals surface area contributed by atoms with Gasteiger partial charge in [0.1, 0.15) is 0 Å². The van der Waals surface area contributed by atoms with Crippen LogP contribution in [0.4, 0.5) is 0 Å². The highest BCUT2D eigenvalue weighted by atomic mass is 14.9. The zero-order valence-corrected chi connectivity index (χ0v) is 11.9. The molecule has 0 unspecified atom stereocenters. The molecule has 1 saturated carbocycles.